The number of carbonyl (C=O) groups is 1. The third-order valence-electron chi connectivity index (χ3n) is 3.33. The number of aryl methyl sites for hydroxylation is 1. The van der Waals surface area contributed by atoms with Crippen LogP contribution in [-0.4, -0.2) is 5.97 Å². The molecule has 1 atom stereocenters. The average Bonchev–Trinajstić information content (AvgIpc) is 2.72. The van der Waals surface area contributed by atoms with E-state index in [0.29, 0.717) is 11.1 Å². The number of carbonyl (C=O) groups excluding carboxylic acids is 1. The lowest BCUT2D eigenvalue weighted by Crippen LogP contribution is -1.95. The summed E-state index contributed by atoms with van der Waals surface area (Å²) in [6.07, 6.45) is 0.195. The number of esters is 1. The number of ether oxygens (including phenoxy) is 1. The standard InChI is InChI=1S/C15H11NO2/c1-2-9-3-4-10-6-12-13(7-11(10)5-9)15(17)18-14(12)8-16/h3-7,14H,2H2,1H3. The van der Waals surface area contributed by atoms with E-state index < -0.39 is 12.1 Å². The van der Waals surface area contributed by atoms with Crippen LogP contribution in [0.15, 0.2) is 30.3 Å². The van der Waals surface area contributed by atoms with E-state index in [-0.39, 0.29) is 0 Å². The second kappa shape index (κ2) is 3.85. The molecule has 0 saturated carbocycles. The molecule has 0 aromatic heterocycles. The summed E-state index contributed by atoms with van der Waals surface area (Å²) in [5, 5.41) is 11.0. The summed E-state index contributed by atoms with van der Waals surface area (Å²) >= 11 is 0. The van der Waals surface area contributed by atoms with Gasteiger partial charge in [-0.05, 0) is 34.9 Å². The minimum atomic E-state index is -0.761. The van der Waals surface area contributed by atoms with Crippen LogP contribution in [0.1, 0.15) is 34.5 Å². The quantitative estimate of drug-likeness (QED) is 0.716. The van der Waals surface area contributed by atoms with Gasteiger partial charge in [-0.2, -0.15) is 5.26 Å². The van der Waals surface area contributed by atoms with Gasteiger partial charge in [-0.15, -0.1) is 0 Å². The predicted octanol–water partition coefficient (Wildman–Crippen LogP) is 3.14. The lowest BCUT2D eigenvalue weighted by molar-refractivity contribution is 0.0478. The van der Waals surface area contributed by atoms with Crippen molar-refractivity contribution >= 4 is 16.7 Å². The molecule has 88 valence electrons. The number of benzene rings is 2. The summed E-state index contributed by atoms with van der Waals surface area (Å²) in [6, 6.07) is 11.9. The smallest absolute Gasteiger partial charge is 0.340 e. The average molecular weight is 237 g/mol. The maximum atomic E-state index is 11.7. The third-order valence-corrected chi connectivity index (χ3v) is 3.33. The fraction of sp³-hybridized carbons (Fsp3) is 0.200. The number of nitrogens with zero attached hydrogens (tertiary/aromatic N) is 1. The zero-order valence-electron chi connectivity index (χ0n) is 9.93. The van der Waals surface area contributed by atoms with Gasteiger partial charge in [0.2, 0.25) is 6.10 Å². The first kappa shape index (κ1) is 10.8. The molecule has 1 unspecified atom stereocenters. The minimum Gasteiger partial charge on any atom is -0.438 e. The Bertz CT molecular complexity index is 697. The number of rotatable bonds is 1. The Morgan fingerprint density at radius 2 is 2.11 bits per heavy atom. The summed E-state index contributed by atoms with van der Waals surface area (Å²) < 4.78 is 5.01. The van der Waals surface area contributed by atoms with E-state index in [0.717, 1.165) is 17.2 Å². The number of cyclic esters (lactones) is 1. The van der Waals surface area contributed by atoms with Crippen LogP contribution in [0.2, 0.25) is 0 Å². The van der Waals surface area contributed by atoms with Crippen molar-refractivity contribution in [2.45, 2.75) is 19.4 Å². The summed E-state index contributed by atoms with van der Waals surface area (Å²) in [7, 11) is 0. The zero-order valence-corrected chi connectivity index (χ0v) is 9.93. The topological polar surface area (TPSA) is 50.1 Å². The summed E-state index contributed by atoms with van der Waals surface area (Å²) in [5.41, 5.74) is 2.42. The molecule has 0 spiro atoms. The second-order valence-electron chi connectivity index (χ2n) is 4.39. The van der Waals surface area contributed by atoms with Gasteiger partial charge in [-0.25, -0.2) is 4.79 Å². The Morgan fingerprint density at radius 1 is 1.28 bits per heavy atom. The van der Waals surface area contributed by atoms with E-state index in [4.69, 9.17) is 10.00 Å². The van der Waals surface area contributed by atoms with Gasteiger partial charge in [0.15, 0.2) is 0 Å². The highest BCUT2D eigenvalue weighted by atomic mass is 16.5. The van der Waals surface area contributed by atoms with E-state index in [1.54, 1.807) is 0 Å². The zero-order chi connectivity index (χ0) is 12.7. The van der Waals surface area contributed by atoms with Crippen LogP contribution in [0.25, 0.3) is 10.8 Å². The Balaban J connectivity index is 2.26. The molecular weight excluding hydrogens is 226 g/mol. The van der Waals surface area contributed by atoms with Crippen molar-refractivity contribution in [2.24, 2.45) is 0 Å². The highest BCUT2D eigenvalue weighted by Crippen LogP contribution is 2.33. The van der Waals surface area contributed by atoms with Gasteiger partial charge in [-0.3, -0.25) is 0 Å². The number of fused-ring (bicyclic) bond motifs is 2. The normalized spacial score (nSPS) is 17.3. The number of hydrogen-bond acceptors (Lipinski definition) is 3. The van der Waals surface area contributed by atoms with Crippen LogP contribution < -0.4 is 0 Å². The first-order valence-electron chi connectivity index (χ1n) is 5.90. The van der Waals surface area contributed by atoms with Crippen LogP contribution in [0.3, 0.4) is 0 Å². The van der Waals surface area contributed by atoms with Gasteiger partial charge < -0.3 is 4.74 Å². The van der Waals surface area contributed by atoms with E-state index in [1.165, 1.54) is 5.56 Å². The van der Waals surface area contributed by atoms with E-state index in [9.17, 15) is 4.79 Å². The van der Waals surface area contributed by atoms with Crippen molar-refractivity contribution in [3.05, 3.63) is 47.0 Å². The molecule has 0 N–H and O–H groups in total. The number of hydrogen-bond donors (Lipinski definition) is 0. The fourth-order valence-electron chi connectivity index (χ4n) is 2.31. The maximum Gasteiger partial charge on any atom is 0.340 e. The summed E-state index contributed by atoms with van der Waals surface area (Å²) in [6.45, 7) is 2.09. The molecule has 1 heterocycles. The van der Waals surface area contributed by atoms with Gasteiger partial charge >= 0.3 is 5.97 Å². The van der Waals surface area contributed by atoms with Crippen LogP contribution in [-0.2, 0) is 11.2 Å². The molecule has 0 aliphatic carbocycles. The largest absolute Gasteiger partial charge is 0.438 e. The van der Waals surface area contributed by atoms with Gasteiger partial charge in [0.05, 0.1) is 5.56 Å². The Morgan fingerprint density at radius 3 is 2.83 bits per heavy atom. The molecule has 3 rings (SSSR count). The molecule has 1 aliphatic heterocycles. The van der Waals surface area contributed by atoms with Crippen molar-refractivity contribution in [2.75, 3.05) is 0 Å². The molecule has 1 aliphatic rings. The van der Waals surface area contributed by atoms with Gasteiger partial charge in [0, 0.05) is 5.56 Å². The first-order chi connectivity index (χ1) is 8.72. The maximum absolute atomic E-state index is 11.7. The van der Waals surface area contributed by atoms with Gasteiger partial charge in [0.25, 0.3) is 0 Å². The highest BCUT2D eigenvalue weighted by Gasteiger charge is 2.31. The van der Waals surface area contributed by atoms with Crippen LogP contribution in [0, 0.1) is 11.3 Å². The predicted molar refractivity (Wildman–Crippen MR) is 67.1 cm³/mol. The molecule has 0 saturated heterocycles. The van der Waals surface area contributed by atoms with Gasteiger partial charge in [0.1, 0.15) is 6.07 Å². The van der Waals surface area contributed by atoms with Crippen LogP contribution in [0.4, 0.5) is 0 Å². The van der Waals surface area contributed by atoms with Crippen molar-refractivity contribution in [1.29, 1.82) is 5.26 Å². The summed E-state index contributed by atoms with van der Waals surface area (Å²) in [5.74, 6) is -0.402. The first-order valence-corrected chi connectivity index (χ1v) is 5.90. The molecule has 3 heteroatoms. The molecule has 0 radical (unpaired) electrons. The third kappa shape index (κ3) is 1.46. The molecule has 3 nitrogen and oxygen atoms in total. The van der Waals surface area contributed by atoms with Crippen molar-refractivity contribution in [3.63, 3.8) is 0 Å². The molecular formula is C15H11NO2. The molecule has 2 aromatic rings. The molecule has 2 aromatic carbocycles. The fourth-order valence-corrected chi connectivity index (χ4v) is 2.31. The van der Waals surface area contributed by atoms with Crippen molar-refractivity contribution < 1.29 is 9.53 Å². The van der Waals surface area contributed by atoms with E-state index in [1.807, 2.05) is 24.3 Å². The van der Waals surface area contributed by atoms with Crippen molar-refractivity contribution in [1.82, 2.24) is 0 Å². The minimum absolute atomic E-state index is 0.402. The van der Waals surface area contributed by atoms with Crippen molar-refractivity contribution in [3.8, 4) is 6.07 Å². The Labute approximate surface area is 105 Å². The number of nitriles is 1. The Kier molecular flexibility index (Phi) is 2.31. The monoisotopic (exact) mass is 237 g/mol. The molecule has 0 bridgehead atoms. The second-order valence-corrected chi connectivity index (χ2v) is 4.39. The highest BCUT2D eigenvalue weighted by molar-refractivity contribution is 6.00. The van der Waals surface area contributed by atoms with Crippen LogP contribution in [0.5, 0.6) is 0 Å². The van der Waals surface area contributed by atoms with E-state index in [2.05, 4.69) is 19.1 Å². The summed E-state index contributed by atoms with van der Waals surface area (Å²) in [4.78, 5) is 11.7. The Hall–Kier alpha value is -2.34. The SMILES string of the molecule is CCc1ccc2cc3c(cc2c1)C(=O)OC3C#N. The lowest BCUT2D eigenvalue weighted by Gasteiger charge is -2.04. The van der Waals surface area contributed by atoms with Crippen LogP contribution >= 0.6 is 0 Å². The molecule has 18 heavy (non-hydrogen) atoms. The van der Waals surface area contributed by atoms with Gasteiger partial charge in [-0.1, -0.05) is 25.1 Å². The van der Waals surface area contributed by atoms with E-state index >= 15 is 0 Å². The molecule has 0 amide bonds. The lowest BCUT2D eigenvalue weighted by atomic mass is 9.98. The molecule has 0 fully saturated rings.